The molecule has 0 saturated carbocycles. The molecule has 53 heavy (non-hydrogen) atoms. The number of phosphoric ester groups is 1. The smallest absolute Gasteiger partial charge is 0.462 e. The summed E-state index contributed by atoms with van der Waals surface area (Å²) in [6.07, 6.45) is 38.2. The molecule has 0 heterocycles. The number of hydrogen-bond donors (Lipinski definition) is 3. The Hall–Kier alpha value is -1.81. The molecule has 0 rings (SSSR count). The molecule has 0 aromatic carbocycles. The van der Waals surface area contributed by atoms with Gasteiger partial charge in [0.1, 0.15) is 12.7 Å². The fraction of sp³-hybridized carbons (Fsp3) is 0.810. The second-order valence-corrected chi connectivity index (χ2v) is 15.5. The highest BCUT2D eigenvalue weighted by molar-refractivity contribution is 7.47. The second kappa shape index (κ2) is 38.5. The number of esters is 2. The number of unbranched alkanes of at least 4 members (excludes halogenated alkanes) is 20. The van der Waals surface area contributed by atoms with Gasteiger partial charge in [-0.1, -0.05) is 140 Å². The van der Waals surface area contributed by atoms with Gasteiger partial charge in [0.05, 0.1) is 19.8 Å². The van der Waals surface area contributed by atoms with Crippen molar-refractivity contribution in [3.05, 3.63) is 36.5 Å². The zero-order valence-corrected chi connectivity index (χ0v) is 34.4. The lowest BCUT2D eigenvalue weighted by Crippen LogP contribution is -2.29. The molecule has 0 fully saturated rings. The summed E-state index contributed by atoms with van der Waals surface area (Å²) in [5, 5.41) is 18.3. The maximum Gasteiger partial charge on any atom is 0.472 e. The van der Waals surface area contributed by atoms with E-state index in [1.165, 1.54) is 77.0 Å². The van der Waals surface area contributed by atoms with Crippen LogP contribution < -0.4 is 0 Å². The molecule has 10 nitrogen and oxygen atoms in total. The Kier molecular flexibility index (Phi) is 37.2. The summed E-state index contributed by atoms with van der Waals surface area (Å²) in [6.45, 7) is 2.32. The average Bonchev–Trinajstić information content (AvgIpc) is 3.14. The summed E-state index contributed by atoms with van der Waals surface area (Å²) < 4.78 is 32.7. The zero-order chi connectivity index (χ0) is 39.1. The average molecular weight is 773 g/mol. The van der Waals surface area contributed by atoms with E-state index in [2.05, 4.69) is 54.8 Å². The number of aliphatic hydroxyl groups excluding tert-OH is 2. The maximum absolute atomic E-state index is 12.6. The lowest BCUT2D eigenvalue weighted by molar-refractivity contribution is -0.161. The molecule has 11 heteroatoms. The van der Waals surface area contributed by atoms with Crippen LogP contribution in [0.4, 0.5) is 0 Å². The Morgan fingerprint density at radius 1 is 0.566 bits per heavy atom. The van der Waals surface area contributed by atoms with Crippen molar-refractivity contribution >= 4 is 19.8 Å². The summed E-state index contributed by atoms with van der Waals surface area (Å²) in [4.78, 5) is 34.9. The summed E-state index contributed by atoms with van der Waals surface area (Å²) in [5.41, 5.74) is 0. The number of rotatable bonds is 39. The highest BCUT2D eigenvalue weighted by Gasteiger charge is 2.27. The van der Waals surface area contributed by atoms with Gasteiger partial charge in [-0.2, -0.15) is 0 Å². The first-order valence-electron chi connectivity index (χ1n) is 21.0. The second-order valence-electron chi connectivity index (χ2n) is 14.0. The molecular weight excluding hydrogens is 695 g/mol. The van der Waals surface area contributed by atoms with Crippen molar-refractivity contribution in [2.75, 3.05) is 26.4 Å². The van der Waals surface area contributed by atoms with Crippen LogP contribution >= 0.6 is 7.82 Å². The third kappa shape index (κ3) is 38.3. The van der Waals surface area contributed by atoms with Crippen molar-refractivity contribution in [3.8, 4) is 0 Å². The monoisotopic (exact) mass is 773 g/mol. The number of carbonyl (C=O) groups excluding carboxylic acids is 2. The van der Waals surface area contributed by atoms with E-state index in [0.717, 1.165) is 64.2 Å². The molecule has 0 aliphatic carbocycles. The summed E-state index contributed by atoms with van der Waals surface area (Å²) in [6, 6.07) is 0. The lowest BCUT2D eigenvalue weighted by Gasteiger charge is -2.20. The molecule has 310 valence electrons. The van der Waals surface area contributed by atoms with E-state index in [1.54, 1.807) is 0 Å². The quantitative estimate of drug-likeness (QED) is 0.0181. The van der Waals surface area contributed by atoms with E-state index in [4.69, 9.17) is 19.1 Å². The van der Waals surface area contributed by atoms with Crippen molar-refractivity contribution in [2.45, 2.75) is 193 Å². The summed E-state index contributed by atoms with van der Waals surface area (Å²) in [5.74, 6) is -0.947. The molecule has 0 radical (unpaired) electrons. The van der Waals surface area contributed by atoms with Gasteiger partial charge in [-0.05, 0) is 64.2 Å². The van der Waals surface area contributed by atoms with Crippen LogP contribution in [0.15, 0.2) is 36.5 Å². The number of aliphatic hydroxyl groups is 2. The van der Waals surface area contributed by atoms with Crippen LogP contribution in [0.25, 0.3) is 0 Å². The van der Waals surface area contributed by atoms with Crippen LogP contribution in [0.5, 0.6) is 0 Å². The summed E-state index contributed by atoms with van der Waals surface area (Å²) >= 11 is 0. The third-order valence-corrected chi connectivity index (χ3v) is 9.75. The van der Waals surface area contributed by atoms with Crippen LogP contribution in [-0.4, -0.2) is 65.7 Å². The van der Waals surface area contributed by atoms with Crippen molar-refractivity contribution in [2.24, 2.45) is 0 Å². The van der Waals surface area contributed by atoms with E-state index in [-0.39, 0.29) is 19.4 Å². The standard InChI is InChI=1S/C42H77O10P/c1-3-5-7-9-11-13-15-17-19-21-23-25-27-29-31-33-41(45)49-37-40(38-51-53(47,48)50-36-39(44)35-43)52-42(46)34-32-30-28-26-24-22-20-18-16-14-12-10-8-6-4-2/h13-17,19,39-40,43-44H,3-12,18,20-38H2,1-2H3,(H,47,48)/b15-13+,16-14+,19-17+/t39-,40+/m0/s1. The topological polar surface area (TPSA) is 149 Å². The largest absolute Gasteiger partial charge is 0.472 e. The van der Waals surface area contributed by atoms with E-state index in [1.807, 2.05) is 0 Å². The Balaban J connectivity index is 4.35. The number of carbonyl (C=O) groups is 2. The number of hydrogen-bond acceptors (Lipinski definition) is 9. The molecule has 0 aliphatic heterocycles. The normalized spacial score (nSPS) is 14.3. The van der Waals surface area contributed by atoms with E-state index in [9.17, 15) is 24.2 Å². The Morgan fingerprint density at radius 3 is 1.47 bits per heavy atom. The van der Waals surface area contributed by atoms with Gasteiger partial charge >= 0.3 is 19.8 Å². The molecule has 0 aliphatic rings. The van der Waals surface area contributed by atoms with Crippen LogP contribution in [0.1, 0.15) is 181 Å². The van der Waals surface area contributed by atoms with Gasteiger partial charge in [0.2, 0.25) is 0 Å². The van der Waals surface area contributed by atoms with E-state index in [0.29, 0.717) is 12.8 Å². The molecule has 0 aromatic rings. The first-order chi connectivity index (χ1) is 25.7. The molecule has 0 amide bonds. The lowest BCUT2D eigenvalue weighted by atomic mass is 10.1. The molecule has 0 bridgehead atoms. The van der Waals surface area contributed by atoms with Crippen LogP contribution in [0, 0.1) is 0 Å². The third-order valence-electron chi connectivity index (χ3n) is 8.79. The predicted molar refractivity (Wildman–Crippen MR) is 214 cm³/mol. The van der Waals surface area contributed by atoms with E-state index < -0.39 is 51.8 Å². The van der Waals surface area contributed by atoms with Crippen molar-refractivity contribution in [1.82, 2.24) is 0 Å². The van der Waals surface area contributed by atoms with Gasteiger partial charge in [0.15, 0.2) is 6.10 Å². The van der Waals surface area contributed by atoms with E-state index >= 15 is 0 Å². The molecule has 3 N–H and O–H groups in total. The fourth-order valence-electron chi connectivity index (χ4n) is 5.51. The van der Waals surface area contributed by atoms with Gasteiger partial charge in [-0.15, -0.1) is 0 Å². The summed E-state index contributed by atoms with van der Waals surface area (Å²) in [7, 11) is -4.62. The minimum atomic E-state index is -4.62. The van der Waals surface area contributed by atoms with Crippen molar-refractivity contribution in [1.29, 1.82) is 0 Å². The van der Waals surface area contributed by atoms with Crippen molar-refractivity contribution in [3.63, 3.8) is 0 Å². The van der Waals surface area contributed by atoms with Crippen LogP contribution in [-0.2, 0) is 32.7 Å². The van der Waals surface area contributed by atoms with Gasteiger partial charge in [0.25, 0.3) is 0 Å². The molecule has 0 spiro atoms. The Labute approximate surface area is 322 Å². The van der Waals surface area contributed by atoms with Gasteiger partial charge in [-0.25, -0.2) is 4.57 Å². The minimum Gasteiger partial charge on any atom is -0.462 e. The fourth-order valence-corrected chi connectivity index (χ4v) is 6.30. The first kappa shape index (κ1) is 51.2. The Morgan fingerprint density at radius 2 is 0.981 bits per heavy atom. The molecule has 3 atom stereocenters. The Bertz CT molecular complexity index is 983. The van der Waals surface area contributed by atoms with Gasteiger partial charge < -0.3 is 24.6 Å². The number of ether oxygens (including phenoxy) is 2. The number of allylic oxidation sites excluding steroid dienone is 6. The SMILES string of the molecule is CCCCCC/C=C/C=C/CCCCCCCC(=O)OC[C@H](COP(=O)(O)OC[C@@H](O)CO)OC(=O)CCCCCCCCC/C=C/CCCCCC. The first-order valence-corrected chi connectivity index (χ1v) is 22.5. The van der Waals surface area contributed by atoms with Crippen LogP contribution in [0.2, 0.25) is 0 Å². The van der Waals surface area contributed by atoms with Gasteiger partial charge in [-0.3, -0.25) is 18.6 Å². The van der Waals surface area contributed by atoms with Crippen LogP contribution in [0.3, 0.4) is 0 Å². The van der Waals surface area contributed by atoms with Crippen molar-refractivity contribution < 1.29 is 47.8 Å². The highest BCUT2D eigenvalue weighted by Crippen LogP contribution is 2.43. The predicted octanol–water partition coefficient (Wildman–Crippen LogP) is 10.8. The molecule has 0 aromatic heterocycles. The van der Waals surface area contributed by atoms with Gasteiger partial charge in [0, 0.05) is 12.8 Å². The highest BCUT2D eigenvalue weighted by atomic mass is 31.2. The maximum atomic E-state index is 12.6. The molecule has 0 saturated heterocycles. The molecule has 1 unspecified atom stereocenters. The molecular formula is C42H77O10P. The minimum absolute atomic E-state index is 0.176. The zero-order valence-electron chi connectivity index (χ0n) is 33.5. The number of phosphoric acid groups is 1.